The van der Waals surface area contributed by atoms with E-state index in [2.05, 4.69) is 30.2 Å². The number of aliphatic carboxylic acids is 1. The van der Waals surface area contributed by atoms with Gasteiger partial charge in [0.25, 0.3) is 11.8 Å². The summed E-state index contributed by atoms with van der Waals surface area (Å²) in [7, 11) is 1.68. The van der Waals surface area contributed by atoms with Gasteiger partial charge in [0.15, 0.2) is 11.0 Å². The van der Waals surface area contributed by atoms with E-state index in [1.807, 2.05) is 0 Å². The molecule has 2 aromatic rings. The fourth-order valence-corrected chi connectivity index (χ4v) is 6.00. The number of rotatable bonds is 7. The summed E-state index contributed by atoms with van der Waals surface area (Å²) in [6, 6.07) is -0.857. The lowest BCUT2D eigenvalue weighted by atomic mass is 10.0. The van der Waals surface area contributed by atoms with E-state index >= 15 is 0 Å². The van der Waals surface area contributed by atoms with E-state index in [9.17, 15) is 19.5 Å². The molecule has 4 heterocycles. The van der Waals surface area contributed by atoms with E-state index < -0.39 is 29.2 Å². The number of carbonyl (C=O) groups excluding carboxylic acids is 2. The number of tetrazole rings is 1. The molecule has 2 atom stereocenters. The number of hydrogen-bond donors (Lipinski definition) is 3. The number of aromatic nitrogens is 6. The van der Waals surface area contributed by atoms with Crippen molar-refractivity contribution < 1.29 is 19.5 Å². The van der Waals surface area contributed by atoms with E-state index in [0.29, 0.717) is 22.2 Å². The standard InChI is InChI=1S/C16H17N9O4S3/c1-3-7(10-19-15(17)32-21-10)11(26)18-8-12(27)25-9(14(28)29)6(4-30-13(8)25)5-31-16-20-22-23-24(16)2/h3,8,13H,4-5H2,1-2H3,(H,18,26)(H,28,29)(H2,17,19,21)/b7-3-/t8?,13-/m0/s1. The molecule has 4 rings (SSSR count). The number of aryl methyl sites for hydroxylation is 1. The average Bonchev–Trinajstić information content (AvgIpc) is 3.37. The number of carbonyl (C=O) groups is 3. The molecule has 1 fully saturated rings. The van der Waals surface area contributed by atoms with Crippen LogP contribution in [0, 0.1) is 0 Å². The SMILES string of the molecule is C/C=C(\C(=O)NC1C(=O)N2C(C(=O)O)=C(CSc3nnnn3C)CS[C@@H]12)c1nsc(N)n1. The van der Waals surface area contributed by atoms with Gasteiger partial charge in [-0.1, -0.05) is 17.8 Å². The summed E-state index contributed by atoms with van der Waals surface area (Å²) in [5, 5.41) is 23.8. The van der Waals surface area contributed by atoms with Crippen LogP contribution in [0.3, 0.4) is 0 Å². The highest BCUT2D eigenvalue weighted by Gasteiger charge is 2.54. The lowest BCUT2D eigenvalue weighted by Gasteiger charge is -2.49. The molecule has 32 heavy (non-hydrogen) atoms. The highest BCUT2D eigenvalue weighted by Crippen LogP contribution is 2.41. The number of thioether (sulfide) groups is 2. The second-order valence-electron chi connectivity index (χ2n) is 6.65. The average molecular weight is 496 g/mol. The summed E-state index contributed by atoms with van der Waals surface area (Å²) >= 11 is 3.63. The molecular weight excluding hydrogens is 478 g/mol. The van der Waals surface area contributed by atoms with Crippen molar-refractivity contribution in [3.8, 4) is 0 Å². The van der Waals surface area contributed by atoms with E-state index in [1.165, 1.54) is 39.2 Å². The van der Waals surface area contributed by atoms with Gasteiger partial charge >= 0.3 is 5.97 Å². The zero-order chi connectivity index (χ0) is 23.0. The van der Waals surface area contributed by atoms with Gasteiger partial charge in [-0.15, -0.1) is 16.9 Å². The summed E-state index contributed by atoms with van der Waals surface area (Å²) in [5.74, 6) is -1.33. The van der Waals surface area contributed by atoms with Crippen molar-refractivity contribution >= 4 is 63.5 Å². The molecular formula is C16H17N9O4S3. The third-order valence-corrected chi connectivity index (χ3v) is 7.69. The Morgan fingerprint density at radius 2 is 2.22 bits per heavy atom. The molecule has 2 amide bonds. The van der Waals surface area contributed by atoms with Crippen molar-refractivity contribution in [1.29, 1.82) is 0 Å². The van der Waals surface area contributed by atoms with Gasteiger partial charge in [-0.2, -0.15) is 9.36 Å². The Balaban J connectivity index is 1.48. The first kappa shape index (κ1) is 22.2. The second kappa shape index (κ2) is 8.87. The molecule has 2 aromatic heterocycles. The topological polar surface area (TPSA) is 182 Å². The molecule has 0 radical (unpaired) electrons. The van der Waals surface area contributed by atoms with Gasteiger partial charge in [0.2, 0.25) is 5.16 Å². The van der Waals surface area contributed by atoms with Gasteiger partial charge < -0.3 is 16.2 Å². The van der Waals surface area contributed by atoms with Gasteiger partial charge in [-0.25, -0.2) is 9.48 Å². The number of hydrogen-bond acceptors (Lipinski definition) is 12. The van der Waals surface area contributed by atoms with Crippen LogP contribution in [-0.4, -0.2) is 80.3 Å². The molecule has 2 aliphatic heterocycles. The number of nitrogens with two attached hydrogens (primary N) is 1. The van der Waals surface area contributed by atoms with E-state index in [0.717, 1.165) is 11.5 Å². The second-order valence-corrected chi connectivity index (χ2v) is 9.48. The van der Waals surface area contributed by atoms with Gasteiger partial charge in [-0.3, -0.25) is 14.5 Å². The number of carboxylic acids is 1. The third-order valence-electron chi connectivity index (χ3n) is 4.71. The first-order valence-electron chi connectivity index (χ1n) is 9.13. The van der Waals surface area contributed by atoms with Gasteiger partial charge in [0.1, 0.15) is 17.1 Å². The van der Waals surface area contributed by atoms with Crippen LogP contribution < -0.4 is 11.1 Å². The van der Waals surface area contributed by atoms with Crippen LogP contribution in [0.2, 0.25) is 0 Å². The smallest absolute Gasteiger partial charge is 0.352 e. The van der Waals surface area contributed by atoms with Crippen LogP contribution in [0.25, 0.3) is 5.57 Å². The van der Waals surface area contributed by atoms with Crippen LogP contribution in [0.1, 0.15) is 12.7 Å². The van der Waals surface area contributed by atoms with Crippen LogP contribution in [0.4, 0.5) is 5.13 Å². The molecule has 16 heteroatoms. The quantitative estimate of drug-likeness (QED) is 0.257. The molecule has 1 unspecified atom stereocenters. The molecule has 13 nitrogen and oxygen atoms in total. The Bertz CT molecular complexity index is 1160. The molecule has 2 aliphatic rings. The lowest BCUT2D eigenvalue weighted by Crippen LogP contribution is -2.70. The number of allylic oxidation sites excluding steroid dienone is 1. The number of β-lactam (4-membered cyclic amide) rings is 1. The summed E-state index contributed by atoms with van der Waals surface area (Å²) in [5.41, 5.74) is 6.30. The highest BCUT2D eigenvalue weighted by molar-refractivity contribution is 8.01. The molecule has 0 bridgehead atoms. The Kier molecular flexibility index (Phi) is 6.16. The predicted octanol–water partition coefficient (Wildman–Crippen LogP) is -0.422. The summed E-state index contributed by atoms with van der Waals surface area (Å²) in [6.45, 7) is 1.65. The maximum Gasteiger partial charge on any atom is 0.352 e. The molecule has 168 valence electrons. The fraction of sp³-hybridized carbons (Fsp3) is 0.375. The monoisotopic (exact) mass is 495 g/mol. The van der Waals surface area contributed by atoms with Crippen LogP contribution in [-0.2, 0) is 21.4 Å². The van der Waals surface area contributed by atoms with Crippen molar-refractivity contribution in [3.05, 3.63) is 23.2 Å². The molecule has 1 saturated heterocycles. The lowest BCUT2D eigenvalue weighted by molar-refractivity contribution is -0.150. The van der Waals surface area contributed by atoms with Gasteiger partial charge in [-0.05, 0) is 22.9 Å². The van der Waals surface area contributed by atoms with Crippen LogP contribution >= 0.6 is 35.1 Å². The maximum absolute atomic E-state index is 12.8. The minimum Gasteiger partial charge on any atom is -0.477 e. The largest absolute Gasteiger partial charge is 0.477 e. The Hall–Kier alpha value is -2.98. The van der Waals surface area contributed by atoms with Crippen molar-refractivity contribution in [2.24, 2.45) is 7.05 Å². The first-order valence-corrected chi connectivity index (χ1v) is 11.9. The maximum atomic E-state index is 12.8. The zero-order valence-corrected chi connectivity index (χ0v) is 19.2. The van der Waals surface area contributed by atoms with E-state index in [-0.39, 0.29) is 22.2 Å². The van der Waals surface area contributed by atoms with Crippen molar-refractivity contribution in [2.45, 2.75) is 23.5 Å². The summed E-state index contributed by atoms with van der Waals surface area (Å²) in [4.78, 5) is 42.7. The van der Waals surface area contributed by atoms with Crippen molar-refractivity contribution in [3.63, 3.8) is 0 Å². The Morgan fingerprint density at radius 3 is 2.81 bits per heavy atom. The number of fused-ring (bicyclic) bond motifs is 1. The number of amides is 2. The Labute approximate surface area is 193 Å². The number of anilines is 1. The van der Waals surface area contributed by atoms with E-state index in [4.69, 9.17) is 5.73 Å². The molecule has 0 aromatic carbocycles. The molecule has 0 aliphatic carbocycles. The number of carboxylic acid groups (broad SMARTS) is 1. The van der Waals surface area contributed by atoms with Crippen LogP contribution in [0.15, 0.2) is 22.5 Å². The summed E-state index contributed by atoms with van der Waals surface area (Å²) < 4.78 is 5.51. The minimum absolute atomic E-state index is 0.0629. The number of nitrogens with zero attached hydrogens (tertiary/aromatic N) is 7. The van der Waals surface area contributed by atoms with Crippen molar-refractivity contribution in [2.75, 3.05) is 17.2 Å². The molecule has 0 spiro atoms. The number of nitrogen functional groups attached to an aromatic ring is 1. The fourth-order valence-electron chi connectivity index (χ4n) is 3.21. The summed E-state index contributed by atoms with van der Waals surface area (Å²) in [6.07, 6.45) is 1.53. The van der Waals surface area contributed by atoms with E-state index in [1.54, 1.807) is 14.0 Å². The zero-order valence-electron chi connectivity index (χ0n) is 16.8. The molecule has 4 N–H and O–H groups in total. The molecule has 0 saturated carbocycles. The predicted molar refractivity (Wildman–Crippen MR) is 117 cm³/mol. The minimum atomic E-state index is -1.20. The van der Waals surface area contributed by atoms with Crippen molar-refractivity contribution in [1.82, 2.24) is 39.8 Å². The number of nitrogens with one attached hydrogen (secondary N) is 1. The third kappa shape index (κ3) is 3.95. The first-order chi connectivity index (χ1) is 15.3. The van der Waals surface area contributed by atoms with Gasteiger partial charge in [0, 0.05) is 30.1 Å². The highest BCUT2D eigenvalue weighted by atomic mass is 32.2. The van der Waals surface area contributed by atoms with Crippen LogP contribution in [0.5, 0.6) is 0 Å². The van der Waals surface area contributed by atoms with Gasteiger partial charge in [0.05, 0.1) is 5.57 Å². The normalized spacial score (nSPS) is 20.8. The Morgan fingerprint density at radius 1 is 1.44 bits per heavy atom.